The smallest absolute Gasteiger partial charge is 0.340 e. The lowest BCUT2D eigenvalue weighted by atomic mass is 10.2. The molecule has 6 nitrogen and oxygen atoms in total. The SMILES string of the molecule is CCCCC#Cc1ccc(C(=O)NC(=O)NNc2ccccc2)o1. The highest BCUT2D eigenvalue weighted by atomic mass is 16.3. The number of imide groups is 1. The van der Waals surface area contributed by atoms with E-state index in [-0.39, 0.29) is 5.76 Å². The predicted octanol–water partition coefficient (Wildman–Crippen LogP) is 3.29. The quantitative estimate of drug-likeness (QED) is 0.447. The zero-order valence-corrected chi connectivity index (χ0v) is 13.4. The minimum atomic E-state index is -0.684. The summed E-state index contributed by atoms with van der Waals surface area (Å²) in [5.41, 5.74) is 5.74. The standard InChI is InChI=1S/C18H19N3O3/c1-2-3-4-8-11-15-12-13-16(24-15)17(22)19-18(23)21-20-14-9-6-5-7-10-14/h5-7,9-10,12-13,20H,2-4H2,1H3,(H2,19,21,22,23). The van der Waals surface area contributed by atoms with Gasteiger partial charge in [0.25, 0.3) is 5.91 Å². The molecule has 0 aliphatic heterocycles. The van der Waals surface area contributed by atoms with E-state index >= 15 is 0 Å². The topological polar surface area (TPSA) is 83.4 Å². The second-order valence-corrected chi connectivity index (χ2v) is 4.97. The average molecular weight is 325 g/mol. The molecule has 1 aromatic carbocycles. The van der Waals surface area contributed by atoms with Crippen LogP contribution in [0.4, 0.5) is 10.5 Å². The molecular weight excluding hydrogens is 306 g/mol. The van der Waals surface area contributed by atoms with E-state index in [0.29, 0.717) is 11.4 Å². The number of rotatable bonds is 5. The Morgan fingerprint density at radius 2 is 1.92 bits per heavy atom. The number of carbonyl (C=O) groups excluding carboxylic acids is 2. The monoisotopic (exact) mass is 325 g/mol. The zero-order valence-electron chi connectivity index (χ0n) is 13.4. The van der Waals surface area contributed by atoms with Gasteiger partial charge in [-0.05, 0) is 36.6 Å². The normalized spacial score (nSPS) is 9.54. The van der Waals surface area contributed by atoms with Crippen molar-refractivity contribution in [2.24, 2.45) is 0 Å². The van der Waals surface area contributed by atoms with Crippen LogP contribution >= 0.6 is 0 Å². The second-order valence-electron chi connectivity index (χ2n) is 4.97. The summed E-state index contributed by atoms with van der Waals surface area (Å²) in [5.74, 6) is 5.61. The number of anilines is 1. The molecule has 0 aliphatic carbocycles. The van der Waals surface area contributed by atoms with E-state index in [4.69, 9.17) is 4.42 Å². The maximum Gasteiger partial charge on any atom is 0.340 e. The lowest BCUT2D eigenvalue weighted by Crippen LogP contribution is -2.42. The Morgan fingerprint density at radius 3 is 2.67 bits per heavy atom. The van der Waals surface area contributed by atoms with Crippen LogP contribution in [-0.2, 0) is 0 Å². The highest BCUT2D eigenvalue weighted by Gasteiger charge is 2.13. The number of hydrazine groups is 1. The molecule has 0 atom stereocenters. The molecule has 3 N–H and O–H groups in total. The van der Waals surface area contributed by atoms with Gasteiger partial charge in [-0.1, -0.05) is 37.5 Å². The molecule has 0 radical (unpaired) electrons. The Bertz CT molecular complexity index is 742. The van der Waals surface area contributed by atoms with Crippen molar-refractivity contribution in [3.05, 3.63) is 54.0 Å². The van der Waals surface area contributed by atoms with Crippen molar-refractivity contribution < 1.29 is 14.0 Å². The Morgan fingerprint density at radius 1 is 1.12 bits per heavy atom. The van der Waals surface area contributed by atoms with Crippen LogP contribution < -0.4 is 16.2 Å². The number of hydrogen-bond donors (Lipinski definition) is 3. The van der Waals surface area contributed by atoms with E-state index in [0.717, 1.165) is 19.3 Å². The fraction of sp³-hybridized carbons (Fsp3) is 0.222. The van der Waals surface area contributed by atoms with Crippen molar-refractivity contribution >= 4 is 17.6 Å². The van der Waals surface area contributed by atoms with Crippen LogP contribution in [-0.4, -0.2) is 11.9 Å². The van der Waals surface area contributed by atoms with Gasteiger partial charge in [-0.15, -0.1) is 0 Å². The van der Waals surface area contributed by atoms with Crippen LogP contribution in [0.25, 0.3) is 0 Å². The largest absolute Gasteiger partial charge is 0.443 e. The third-order valence-corrected chi connectivity index (χ3v) is 3.02. The van der Waals surface area contributed by atoms with Crippen LogP contribution in [0.1, 0.15) is 42.5 Å². The molecule has 0 saturated carbocycles. The van der Waals surface area contributed by atoms with Crippen LogP contribution in [0.5, 0.6) is 0 Å². The maximum absolute atomic E-state index is 11.9. The minimum Gasteiger partial charge on any atom is -0.443 e. The maximum atomic E-state index is 11.9. The summed E-state index contributed by atoms with van der Waals surface area (Å²) in [4.78, 5) is 23.6. The predicted molar refractivity (Wildman–Crippen MR) is 91.2 cm³/mol. The fourth-order valence-electron chi connectivity index (χ4n) is 1.79. The second kappa shape index (κ2) is 9.06. The van der Waals surface area contributed by atoms with Crippen LogP contribution in [0.2, 0.25) is 0 Å². The molecule has 0 bridgehead atoms. The summed E-state index contributed by atoms with van der Waals surface area (Å²) in [6.07, 6.45) is 2.88. The molecule has 2 rings (SSSR count). The lowest BCUT2D eigenvalue weighted by Gasteiger charge is -2.08. The summed E-state index contributed by atoms with van der Waals surface area (Å²) in [6.45, 7) is 2.09. The molecule has 3 amide bonds. The Balaban J connectivity index is 1.82. The summed E-state index contributed by atoms with van der Waals surface area (Å²) < 4.78 is 5.30. The molecule has 0 spiro atoms. The van der Waals surface area contributed by atoms with Crippen LogP contribution in [0, 0.1) is 11.8 Å². The van der Waals surface area contributed by atoms with Crippen LogP contribution in [0.3, 0.4) is 0 Å². The fourth-order valence-corrected chi connectivity index (χ4v) is 1.79. The molecule has 1 heterocycles. The van der Waals surface area contributed by atoms with Gasteiger partial charge in [0.05, 0.1) is 5.69 Å². The first kappa shape index (κ1) is 17.2. The van der Waals surface area contributed by atoms with Gasteiger partial charge in [-0.25, -0.2) is 4.79 Å². The van der Waals surface area contributed by atoms with Gasteiger partial charge in [0, 0.05) is 6.42 Å². The number of amides is 3. The number of unbranched alkanes of at least 4 members (excludes halogenated alkanes) is 2. The zero-order chi connectivity index (χ0) is 17.2. The Hall–Kier alpha value is -3.20. The number of benzene rings is 1. The number of hydrogen-bond acceptors (Lipinski definition) is 4. The van der Waals surface area contributed by atoms with Crippen molar-refractivity contribution in [2.75, 3.05) is 5.43 Å². The van der Waals surface area contributed by atoms with E-state index in [1.807, 2.05) is 18.2 Å². The summed E-state index contributed by atoms with van der Waals surface area (Å²) in [6, 6.07) is 11.4. The first-order valence-electron chi connectivity index (χ1n) is 7.70. The first-order valence-corrected chi connectivity index (χ1v) is 7.70. The lowest BCUT2D eigenvalue weighted by molar-refractivity contribution is 0.0936. The molecule has 0 saturated heterocycles. The number of urea groups is 1. The van der Waals surface area contributed by atoms with Crippen molar-refractivity contribution in [3.63, 3.8) is 0 Å². The minimum absolute atomic E-state index is 0.0321. The third-order valence-electron chi connectivity index (χ3n) is 3.02. The number of furan rings is 1. The van der Waals surface area contributed by atoms with Gasteiger partial charge in [0.2, 0.25) is 0 Å². The molecule has 0 unspecified atom stereocenters. The summed E-state index contributed by atoms with van der Waals surface area (Å²) in [7, 11) is 0. The third kappa shape index (κ3) is 5.54. The highest BCUT2D eigenvalue weighted by Crippen LogP contribution is 2.07. The molecule has 0 fully saturated rings. The van der Waals surface area contributed by atoms with E-state index in [1.165, 1.54) is 6.07 Å². The van der Waals surface area contributed by atoms with Gasteiger partial charge in [0.15, 0.2) is 11.5 Å². The Labute approximate surface area is 140 Å². The van der Waals surface area contributed by atoms with Gasteiger partial charge in [-0.2, -0.15) is 0 Å². The molecule has 24 heavy (non-hydrogen) atoms. The highest BCUT2D eigenvalue weighted by molar-refractivity contribution is 6.02. The van der Waals surface area contributed by atoms with Crippen LogP contribution in [0.15, 0.2) is 46.9 Å². The van der Waals surface area contributed by atoms with E-state index in [1.54, 1.807) is 18.2 Å². The van der Waals surface area contributed by atoms with Gasteiger partial charge >= 0.3 is 6.03 Å². The molecule has 6 heteroatoms. The van der Waals surface area contributed by atoms with E-state index < -0.39 is 11.9 Å². The number of carbonyl (C=O) groups is 2. The number of para-hydroxylation sites is 1. The summed E-state index contributed by atoms with van der Waals surface area (Å²) in [5, 5.41) is 2.16. The van der Waals surface area contributed by atoms with Gasteiger partial charge in [-0.3, -0.25) is 21.0 Å². The molecule has 2 aromatic rings. The van der Waals surface area contributed by atoms with Crippen molar-refractivity contribution in [1.29, 1.82) is 0 Å². The molecule has 1 aromatic heterocycles. The van der Waals surface area contributed by atoms with E-state index in [9.17, 15) is 9.59 Å². The average Bonchev–Trinajstić information content (AvgIpc) is 3.07. The van der Waals surface area contributed by atoms with Crippen molar-refractivity contribution in [1.82, 2.24) is 10.7 Å². The number of nitrogens with one attached hydrogen (secondary N) is 3. The van der Waals surface area contributed by atoms with Crippen molar-refractivity contribution in [3.8, 4) is 11.8 Å². The van der Waals surface area contributed by atoms with E-state index in [2.05, 4.69) is 34.9 Å². The molecular formula is C18H19N3O3. The van der Waals surface area contributed by atoms with Gasteiger partial charge < -0.3 is 4.42 Å². The van der Waals surface area contributed by atoms with Gasteiger partial charge in [0.1, 0.15) is 0 Å². The first-order chi connectivity index (χ1) is 11.7. The van der Waals surface area contributed by atoms with Crippen molar-refractivity contribution in [2.45, 2.75) is 26.2 Å². The molecule has 124 valence electrons. The molecule has 0 aliphatic rings. The summed E-state index contributed by atoms with van der Waals surface area (Å²) >= 11 is 0. The Kier molecular flexibility index (Phi) is 6.47.